The lowest BCUT2D eigenvalue weighted by atomic mass is 9.94. The molecule has 3 N–H and O–H groups in total. The SMILES string of the molecule is Cc1cnc2nc1Nc1ccc(NC(=O)CC3CCN(S(=O)(=O)c4cn(C)c(C)n4)CC3)c(c1)CCc1cncc(c1)N2. The number of benzene rings is 1. The number of aromatic nitrogens is 5. The molecule has 1 aromatic carbocycles. The highest BCUT2D eigenvalue weighted by Gasteiger charge is 2.32. The average molecular weight is 602 g/mol. The van der Waals surface area contributed by atoms with Gasteiger partial charge in [-0.1, -0.05) is 0 Å². The molecule has 2 aliphatic rings. The Hall–Kier alpha value is -4.36. The summed E-state index contributed by atoms with van der Waals surface area (Å²) in [6, 6.07) is 7.92. The molecule has 6 bridgehead atoms. The number of carbonyl (C=O) groups excluding carboxylic acids is 1. The van der Waals surface area contributed by atoms with Crippen LogP contribution in [0.3, 0.4) is 0 Å². The fourth-order valence-corrected chi connectivity index (χ4v) is 6.96. The molecule has 0 saturated carbocycles. The van der Waals surface area contributed by atoms with Gasteiger partial charge in [0.15, 0.2) is 5.03 Å². The molecule has 2 aliphatic heterocycles. The first-order valence-corrected chi connectivity index (χ1v) is 15.8. The maximum absolute atomic E-state index is 13.2. The fourth-order valence-electron chi connectivity index (χ4n) is 5.47. The van der Waals surface area contributed by atoms with Crippen LogP contribution < -0.4 is 16.0 Å². The second-order valence-electron chi connectivity index (χ2n) is 11.3. The number of fused-ring (bicyclic) bond motifs is 6. The Bertz CT molecular complexity index is 1760. The van der Waals surface area contributed by atoms with Gasteiger partial charge >= 0.3 is 0 Å². The number of hydrogen-bond donors (Lipinski definition) is 3. The van der Waals surface area contributed by atoms with Gasteiger partial charge in [0, 0.05) is 62.1 Å². The zero-order chi connectivity index (χ0) is 30.1. The van der Waals surface area contributed by atoms with Gasteiger partial charge in [0.1, 0.15) is 11.6 Å². The molecule has 224 valence electrons. The third-order valence-corrected chi connectivity index (χ3v) is 9.86. The number of nitrogens with zero attached hydrogens (tertiary/aromatic N) is 6. The summed E-state index contributed by atoms with van der Waals surface area (Å²) in [6.07, 6.45) is 9.89. The molecule has 0 spiro atoms. The third kappa shape index (κ3) is 6.37. The van der Waals surface area contributed by atoms with Crippen LogP contribution >= 0.6 is 0 Å². The predicted molar refractivity (Wildman–Crippen MR) is 164 cm³/mol. The number of nitrogens with one attached hydrogen (secondary N) is 3. The highest BCUT2D eigenvalue weighted by Crippen LogP contribution is 2.29. The van der Waals surface area contributed by atoms with Gasteiger partial charge in [0.05, 0.1) is 11.9 Å². The van der Waals surface area contributed by atoms with E-state index in [-0.39, 0.29) is 16.9 Å². The van der Waals surface area contributed by atoms with Crippen molar-refractivity contribution >= 4 is 44.8 Å². The van der Waals surface area contributed by atoms with Crippen molar-refractivity contribution in [1.29, 1.82) is 0 Å². The number of anilines is 5. The Morgan fingerprint density at radius 1 is 1.02 bits per heavy atom. The lowest BCUT2D eigenvalue weighted by molar-refractivity contribution is -0.117. The van der Waals surface area contributed by atoms with E-state index in [1.165, 1.54) is 4.31 Å². The number of imidazole rings is 1. The lowest BCUT2D eigenvalue weighted by Gasteiger charge is -2.30. The Kier molecular flexibility index (Phi) is 7.84. The van der Waals surface area contributed by atoms with Crippen LogP contribution in [0.5, 0.6) is 0 Å². The quantitative estimate of drug-likeness (QED) is 0.306. The Morgan fingerprint density at radius 2 is 1.84 bits per heavy atom. The molecule has 13 heteroatoms. The molecular formula is C30H35N9O3S. The normalized spacial score (nSPS) is 15.8. The van der Waals surface area contributed by atoms with Gasteiger partial charge in [-0.05, 0) is 80.8 Å². The van der Waals surface area contributed by atoms with Crippen LogP contribution in [-0.4, -0.2) is 56.2 Å². The number of pyridine rings is 1. The van der Waals surface area contributed by atoms with E-state index < -0.39 is 10.0 Å². The zero-order valence-corrected chi connectivity index (χ0v) is 25.3. The van der Waals surface area contributed by atoms with Crippen LogP contribution in [0.15, 0.2) is 54.1 Å². The van der Waals surface area contributed by atoms with Crippen molar-refractivity contribution in [3.05, 3.63) is 71.6 Å². The summed E-state index contributed by atoms with van der Waals surface area (Å²) in [4.78, 5) is 30.8. The molecule has 1 fully saturated rings. The maximum Gasteiger partial charge on any atom is 0.262 e. The summed E-state index contributed by atoms with van der Waals surface area (Å²) in [6.45, 7) is 4.46. The second kappa shape index (κ2) is 11.7. The van der Waals surface area contributed by atoms with E-state index in [0.29, 0.717) is 56.4 Å². The van der Waals surface area contributed by atoms with Crippen molar-refractivity contribution in [3.63, 3.8) is 0 Å². The topological polar surface area (TPSA) is 147 Å². The minimum atomic E-state index is -3.65. The van der Waals surface area contributed by atoms with E-state index in [2.05, 4.69) is 35.9 Å². The first-order chi connectivity index (χ1) is 20.6. The Labute approximate surface area is 251 Å². The van der Waals surface area contributed by atoms with E-state index in [1.807, 2.05) is 37.4 Å². The summed E-state index contributed by atoms with van der Waals surface area (Å²) in [7, 11) is -1.87. The molecule has 0 atom stereocenters. The first kappa shape index (κ1) is 28.7. The minimum absolute atomic E-state index is 0.0739. The summed E-state index contributed by atoms with van der Waals surface area (Å²) < 4.78 is 29.3. The average Bonchev–Trinajstić information content (AvgIpc) is 3.33. The van der Waals surface area contributed by atoms with Crippen LogP contribution in [0.4, 0.5) is 28.8 Å². The monoisotopic (exact) mass is 601 g/mol. The van der Waals surface area contributed by atoms with Gasteiger partial charge in [-0.25, -0.2) is 18.4 Å². The predicted octanol–water partition coefficient (Wildman–Crippen LogP) is 4.24. The number of hydrogen-bond acceptors (Lipinski definition) is 9. The highest BCUT2D eigenvalue weighted by molar-refractivity contribution is 7.89. The van der Waals surface area contributed by atoms with E-state index in [0.717, 1.165) is 40.2 Å². The summed E-state index contributed by atoms with van der Waals surface area (Å²) in [5.74, 6) is 1.83. The Morgan fingerprint density at radius 3 is 2.60 bits per heavy atom. The minimum Gasteiger partial charge on any atom is -0.340 e. The van der Waals surface area contributed by atoms with Crippen LogP contribution in [0.1, 0.15) is 41.8 Å². The van der Waals surface area contributed by atoms with Crippen molar-refractivity contribution in [2.45, 2.75) is 51.0 Å². The fraction of sp³-hybridized carbons (Fsp3) is 0.367. The van der Waals surface area contributed by atoms with Gasteiger partial charge in [-0.3, -0.25) is 9.78 Å². The molecule has 6 rings (SSSR count). The highest BCUT2D eigenvalue weighted by atomic mass is 32.2. The number of amides is 1. The third-order valence-electron chi connectivity index (χ3n) is 8.09. The number of aryl methyl sites for hydroxylation is 5. The molecular weight excluding hydrogens is 566 g/mol. The summed E-state index contributed by atoms with van der Waals surface area (Å²) in [5, 5.41) is 9.83. The molecule has 12 nitrogen and oxygen atoms in total. The molecule has 0 unspecified atom stereocenters. The molecule has 5 heterocycles. The van der Waals surface area contributed by atoms with Gasteiger partial charge < -0.3 is 20.5 Å². The van der Waals surface area contributed by atoms with Crippen LogP contribution in [0.2, 0.25) is 0 Å². The number of rotatable bonds is 5. The van der Waals surface area contributed by atoms with Gasteiger partial charge in [-0.2, -0.15) is 9.29 Å². The number of piperidine rings is 1. The van der Waals surface area contributed by atoms with Gasteiger partial charge in [0.2, 0.25) is 11.9 Å². The first-order valence-electron chi connectivity index (χ1n) is 14.4. The second-order valence-corrected chi connectivity index (χ2v) is 13.2. The van der Waals surface area contributed by atoms with Crippen LogP contribution in [-0.2, 0) is 34.7 Å². The lowest BCUT2D eigenvalue weighted by Crippen LogP contribution is -2.39. The molecule has 43 heavy (non-hydrogen) atoms. The van der Waals surface area contributed by atoms with Crippen LogP contribution in [0, 0.1) is 19.8 Å². The zero-order valence-electron chi connectivity index (χ0n) is 24.5. The summed E-state index contributed by atoms with van der Waals surface area (Å²) >= 11 is 0. The van der Waals surface area contributed by atoms with Gasteiger partial charge in [-0.15, -0.1) is 0 Å². The van der Waals surface area contributed by atoms with E-state index in [1.54, 1.807) is 37.1 Å². The molecule has 0 aliphatic carbocycles. The smallest absolute Gasteiger partial charge is 0.262 e. The number of carbonyl (C=O) groups is 1. The largest absolute Gasteiger partial charge is 0.340 e. The Balaban J connectivity index is 1.14. The standard InChI is InChI=1S/C30H35N9O3S/c1-19-15-32-30-35-25-12-22(16-31-17-25)4-5-23-14-24(34-29(19)37-30)6-7-26(23)36-27(40)13-21-8-10-39(11-9-21)43(41,42)28-18-38(3)20(2)33-28/h6-7,12,14-18,21H,4-5,8-11,13H2,1-3H3,(H,36,40)(H2,32,34,35,37). The van der Waals surface area contributed by atoms with E-state index in [4.69, 9.17) is 0 Å². The molecule has 4 aromatic rings. The van der Waals surface area contributed by atoms with Crippen molar-refractivity contribution in [1.82, 2.24) is 28.8 Å². The van der Waals surface area contributed by atoms with Crippen molar-refractivity contribution < 1.29 is 13.2 Å². The van der Waals surface area contributed by atoms with Crippen molar-refractivity contribution in [3.8, 4) is 0 Å². The van der Waals surface area contributed by atoms with E-state index in [9.17, 15) is 13.2 Å². The van der Waals surface area contributed by atoms with E-state index >= 15 is 0 Å². The molecule has 1 saturated heterocycles. The summed E-state index contributed by atoms with van der Waals surface area (Å²) in [5.41, 5.74) is 5.38. The molecule has 1 amide bonds. The number of sulfonamides is 1. The molecule has 0 radical (unpaired) electrons. The maximum atomic E-state index is 13.2. The van der Waals surface area contributed by atoms with Crippen molar-refractivity contribution in [2.75, 3.05) is 29.0 Å². The van der Waals surface area contributed by atoms with Crippen LogP contribution in [0.25, 0.3) is 0 Å². The van der Waals surface area contributed by atoms with Gasteiger partial charge in [0.25, 0.3) is 10.0 Å². The van der Waals surface area contributed by atoms with Crippen molar-refractivity contribution in [2.24, 2.45) is 13.0 Å². The molecule has 3 aromatic heterocycles.